The van der Waals surface area contributed by atoms with E-state index in [9.17, 15) is 4.79 Å². The minimum Gasteiger partial charge on any atom is -0.449 e. The fourth-order valence-corrected chi connectivity index (χ4v) is 1.93. The molecule has 0 N–H and O–H groups in total. The topological polar surface area (TPSA) is 29.5 Å². The van der Waals surface area contributed by atoms with Gasteiger partial charge in [0.05, 0.1) is 0 Å². The van der Waals surface area contributed by atoms with Crippen molar-refractivity contribution >= 4 is 6.47 Å². The summed E-state index contributed by atoms with van der Waals surface area (Å²) in [7, 11) is 0. The van der Waals surface area contributed by atoms with E-state index >= 15 is 0 Å². The Labute approximate surface area is 73.7 Å². The van der Waals surface area contributed by atoms with E-state index in [0.29, 0.717) is 12.5 Å². The molecule has 2 unspecified atom stereocenters. The first-order chi connectivity index (χ1) is 5.79. The van der Waals surface area contributed by atoms with Gasteiger partial charge in [0, 0.05) is 12.6 Å². The first-order valence-electron chi connectivity index (χ1n) is 4.64. The summed E-state index contributed by atoms with van der Waals surface area (Å²) in [5, 5.41) is 0. The summed E-state index contributed by atoms with van der Waals surface area (Å²) in [6.45, 7) is 5.71. The average molecular weight is 171 g/mol. The zero-order chi connectivity index (χ0) is 8.97. The van der Waals surface area contributed by atoms with Gasteiger partial charge in [-0.2, -0.15) is 0 Å². The van der Waals surface area contributed by atoms with Gasteiger partial charge < -0.3 is 4.74 Å². The summed E-state index contributed by atoms with van der Waals surface area (Å²) < 4.78 is 4.90. The van der Waals surface area contributed by atoms with Crippen LogP contribution in [0.4, 0.5) is 0 Å². The minimum atomic E-state index is -0.0463. The molecule has 0 aliphatic carbocycles. The molecule has 0 bridgehead atoms. The normalized spacial score (nSPS) is 27.0. The van der Waals surface area contributed by atoms with Crippen molar-refractivity contribution in [3.05, 3.63) is 0 Å². The molecule has 0 aromatic carbocycles. The average Bonchev–Trinajstić information content (AvgIpc) is 2.51. The van der Waals surface area contributed by atoms with Gasteiger partial charge in [0.1, 0.15) is 0 Å². The Bertz CT molecular complexity index is 149. The number of ether oxygens (including phenoxy) is 1. The molecule has 0 spiro atoms. The molecule has 3 heteroatoms. The molecule has 0 radical (unpaired) electrons. The molecule has 0 saturated carbocycles. The highest BCUT2D eigenvalue weighted by molar-refractivity contribution is 5.37. The molecule has 1 fully saturated rings. The van der Waals surface area contributed by atoms with E-state index in [1.54, 1.807) is 0 Å². The second kappa shape index (κ2) is 4.45. The van der Waals surface area contributed by atoms with Crippen LogP contribution in [0.5, 0.6) is 0 Å². The van der Waals surface area contributed by atoms with Crippen LogP contribution in [-0.4, -0.2) is 30.2 Å². The van der Waals surface area contributed by atoms with Crippen molar-refractivity contribution in [3.63, 3.8) is 0 Å². The van der Waals surface area contributed by atoms with Gasteiger partial charge in [0.15, 0.2) is 6.23 Å². The standard InChI is InChI=1S/C9H17NO2/c1-3-9-5-4-6-10(9)8(2)12-7-11/h7-9H,3-6H2,1-2H3. The monoisotopic (exact) mass is 171 g/mol. The minimum absolute atomic E-state index is 0.0463. The number of carbonyl (C=O) groups is 1. The molecule has 1 aliphatic heterocycles. The smallest absolute Gasteiger partial charge is 0.294 e. The predicted octanol–water partition coefficient (Wildman–Crippen LogP) is 1.38. The molecule has 2 atom stereocenters. The van der Waals surface area contributed by atoms with Crippen molar-refractivity contribution in [2.75, 3.05) is 6.54 Å². The summed E-state index contributed by atoms with van der Waals surface area (Å²) in [5.41, 5.74) is 0. The van der Waals surface area contributed by atoms with Gasteiger partial charge in [0.25, 0.3) is 6.47 Å². The molecule has 0 aromatic heterocycles. The second-order valence-electron chi connectivity index (χ2n) is 3.27. The van der Waals surface area contributed by atoms with E-state index in [4.69, 9.17) is 4.74 Å². The molecule has 12 heavy (non-hydrogen) atoms. The zero-order valence-electron chi connectivity index (χ0n) is 7.82. The highest BCUT2D eigenvalue weighted by Crippen LogP contribution is 2.22. The Morgan fingerprint density at radius 3 is 3.08 bits per heavy atom. The number of carbonyl (C=O) groups excluding carboxylic acids is 1. The van der Waals surface area contributed by atoms with Gasteiger partial charge >= 0.3 is 0 Å². The van der Waals surface area contributed by atoms with Gasteiger partial charge in [-0.3, -0.25) is 9.69 Å². The Morgan fingerprint density at radius 1 is 1.75 bits per heavy atom. The van der Waals surface area contributed by atoms with E-state index in [1.165, 1.54) is 12.8 Å². The number of rotatable bonds is 4. The molecule has 3 nitrogen and oxygen atoms in total. The number of hydrogen-bond acceptors (Lipinski definition) is 3. The summed E-state index contributed by atoms with van der Waals surface area (Å²) in [4.78, 5) is 12.4. The lowest BCUT2D eigenvalue weighted by Crippen LogP contribution is -2.38. The molecule has 1 aliphatic rings. The van der Waals surface area contributed by atoms with Crippen molar-refractivity contribution in [2.45, 2.75) is 45.4 Å². The third-order valence-electron chi connectivity index (χ3n) is 2.61. The highest BCUT2D eigenvalue weighted by atomic mass is 16.5. The van der Waals surface area contributed by atoms with Crippen molar-refractivity contribution in [3.8, 4) is 0 Å². The van der Waals surface area contributed by atoms with E-state index in [2.05, 4.69) is 11.8 Å². The SMILES string of the molecule is CCC1CCCN1C(C)OC=O. The van der Waals surface area contributed by atoms with Crippen LogP contribution in [0.25, 0.3) is 0 Å². The van der Waals surface area contributed by atoms with Crippen molar-refractivity contribution in [2.24, 2.45) is 0 Å². The maximum atomic E-state index is 10.1. The van der Waals surface area contributed by atoms with Crippen LogP contribution in [0.2, 0.25) is 0 Å². The van der Waals surface area contributed by atoms with Crippen LogP contribution in [0.1, 0.15) is 33.1 Å². The van der Waals surface area contributed by atoms with E-state index in [-0.39, 0.29) is 6.23 Å². The van der Waals surface area contributed by atoms with Gasteiger partial charge in [0.2, 0.25) is 0 Å². The lowest BCUT2D eigenvalue weighted by molar-refractivity contribution is -0.142. The van der Waals surface area contributed by atoms with E-state index in [1.807, 2.05) is 6.92 Å². The molecular formula is C9H17NO2. The van der Waals surface area contributed by atoms with E-state index in [0.717, 1.165) is 13.0 Å². The fraction of sp³-hybridized carbons (Fsp3) is 0.889. The second-order valence-corrected chi connectivity index (χ2v) is 3.27. The van der Waals surface area contributed by atoms with Gasteiger partial charge in [-0.05, 0) is 26.2 Å². The summed E-state index contributed by atoms with van der Waals surface area (Å²) in [6.07, 6.45) is 3.57. The molecule has 0 aromatic rings. The lowest BCUT2D eigenvalue weighted by Gasteiger charge is -2.28. The molecule has 1 heterocycles. The largest absolute Gasteiger partial charge is 0.449 e. The van der Waals surface area contributed by atoms with Gasteiger partial charge in [-0.1, -0.05) is 6.92 Å². The van der Waals surface area contributed by atoms with Crippen LogP contribution in [0, 0.1) is 0 Å². The maximum absolute atomic E-state index is 10.1. The number of nitrogens with zero attached hydrogens (tertiary/aromatic N) is 1. The fourth-order valence-electron chi connectivity index (χ4n) is 1.93. The third kappa shape index (κ3) is 1.97. The first kappa shape index (κ1) is 9.52. The summed E-state index contributed by atoms with van der Waals surface area (Å²) in [5.74, 6) is 0. The Kier molecular flexibility index (Phi) is 3.53. The Morgan fingerprint density at radius 2 is 2.50 bits per heavy atom. The lowest BCUT2D eigenvalue weighted by atomic mass is 10.2. The molecule has 0 amide bonds. The predicted molar refractivity (Wildman–Crippen MR) is 46.6 cm³/mol. The third-order valence-corrected chi connectivity index (χ3v) is 2.61. The maximum Gasteiger partial charge on any atom is 0.294 e. The Hall–Kier alpha value is -0.570. The number of hydrogen-bond donors (Lipinski definition) is 0. The van der Waals surface area contributed by atoms with Gasteiger partial charge in [-0.25, -0.2) is 0 Å². The zero-order valence-corrected chi connectivity index (χ0v) is 7.82. The van der Waals surface area contributed by atoms with Crippen LogP contribution < -0.4 is 0 Å². The summed E-state index contributed by atoms with van der Waals surface area (Å²) in [6, 6.07) is 0.611. The van der Waals surface area contributed by atoms with Crippen LogP contribution in [0.15, 0.2) is 0 Å². The van der Waals surface area contributed by atoms with Crippen LogP contribution in [-0.2, 0) is 9.53 Å². The van der Waals surface area contributed by atoms with Crippen LogP contribution in [0.3, 0.4) is 0 Å². The van der Waals surface area contributed by atoms with Crippen molar-refractivity contribution in [1.29, 1.82) is 0 Å². The summed E-state index contributed by atoms with van der Waals surface area (Å²) >= 11 is 0. The van der Waals surface area contributed by atoms with Crippen LogP contribution >= 0.6 is 0 Å². The Balaban J connectivity index is 2.42. The van der Waals surface area contributed by atoms with Crippen molar-refractivity contribution < 1.29 is 9.53 Å². The molecule has 70 valence electrons. The number of likely N-dealkylation sites (tertiary alicyclic amines) is 1. The van der Waals surface area contributed by atoms with Gasteiger partial charge in [-0.15, -0.1) is 0 Å². The quantitative estimate of drug-likeness (QED) is 0.598. The van der Waals surface area contributed by atoms with Crippen molar-refractivity contribution in [1.82, 2.24) is 4.90 Å². The molecule has 1 rings (SSSR count). The molecule has 1 saturated heterocycles. The molecular weight excluding hydrogens is 154 g/mol. The highest BCUT2D eigenvalue weighted by Gasteiger charge is 2.27. The van der Waals surface area contributed by atoms with E-state index < -0.39 is 0 Å². The first-order valence-corrected chi connectivity index (χ1v) is 4.64.